The van der Waals surface area contributed by atoms with Crippen LogP contribution in [0.25, 0.3) is 89.7 Å². The Kier molecular flexibility index (Phi) is 6.77. The maximum atomic E-state index is 6.61. The number of oxazole rings is 1. The smallest absolute Gasteiger partial charge is 0.227 e. The highest BCUT2D eigenvalue weighted by Crippen LogP contribution is 2.53. The highest BCUT2D eigenvalue weighted by molar-refractivity contribution is 6.14. The zero-order valence-corrected chi connectivity index (χ0v) is 28.7. The van der Waals surface area contributed by atoms with Gasteiger partial charge in [-0.15, -0.1) is 0 Å². The summed E-state index contributed by atoms with van der Waals surface area (Å²) in [6.45, 7) is 4.60. The van der Waals surface area contributed by atoms with E-state index >= 15 is 0 Å². The van der Waals surface area contributed by atoms with Crippen molar-refractivity contribution < 1.29 is 4.42 Å². The molecule has 2 aromatic heterocycles. The summed E-state index contributed by atoms with van der Waals surface area (Å²) in [5.41, 5.74) is 12.3. The number of benzene rings is 7. The molecule has 10 rings (SSSR count). The minimum Gasteiger partial charge on any atom is -0.435 e. The van der Waals surface area contributed by atoms with Gasteiger partial charge in [-0.05, 0) is 63.0 Å². The Morgan fingerprint density at radius 1 is 0.442 bits per heavy atom. The van der Waals surface area contributed by atoms with Crippen LogP contribution in [0.1, 0.15) is 25.0 Å². The van der Waals surface area contributed by atoms with Crippen LogP contribution in [0.4, 0.5) is 0 Å². The van der Waals surface area contributed by atoms with Gasteiger partial charge in [0.05, 0.1) is 0 Å². The van der Waals surface area contributed by atoms with E-state index in [0.29, 0.717) is 23.4 Å². The third kappa shape index (κ3) is 4.85. The number of hydrogen-bond acceptors (Lipinski definition) is 5. The second kappa shape index (κ2) is 11.7. The van der Waals surface area contributed by atoms with E-state index < -0.39 is 0 Å². The molecule has 0 saturated heterocycles. The predicted octanol–water partition coefficient (Wildman–Crippen LogP) is 11.8. The minimum absolute atomic E-state index is 0.220. The number of hydrogen-bond donors (Lipinski definition) is 0. The van der Waals surface area contributed by atoms with Crippen molar-refractivity contribution in [2.75, 3.05) is 0 Å². The summed E-state index contributed by atoms with van der Waals surface area (Å²) in [6, 6.07) is 54.4. The van der Waals surface area contributed by atoms with Crippen LogP contribution in [-0.2, 0) is 5.41 Å². The standard InChI is InChI=1S/C47H32N4O/c1-47(2)37-25-23-35(28-36(37)41-38(47)26-22-31-24-27-39-42(40(31)41)52-46(48-39)34-16-10-5-11-17-34)45-50-43(32-14-8-4-9-15-32)49-44(51-45)33-20-18-30(19-21-33)29-12-6-3-7-13-29/h3-28H,1-2H3. The molecule has 0 unspecified atom stereocenters. The van der Waals surface area contributed by atoms with Crippen LogP contribution in [0, 0.1) is 0 Å². The van der Waals surface area contributed by atoms with E-state index in [4.69, 9.17) is 24.4 Å². The van der Waals surface area contributed by atoms with Crippen LogP contribution in [0.5, 0.6) is 0 Å². The van der Waals surface area contributed by atoms with Crippen molar-refractivity contribution in [1.29, 1.82) is 0 Å². The van der Waals surface area contributed by atoms with E-state index in [-0.39, 0.29) is 5.41 Å². The van der Waals surface area contributed by atoms with Gasteiger partial charge < -0.3 is 4.42 Å². The predicted molar refractivity (Wildman–Crippen MR) is 210 cm³/mol. The summed E-state index contributed by atoms with van der Waals surface area (Å²) in [4.78, 5) is 20.1. The Labute approximate surface area is 301 Å². The van der Waals surface area contributed by atoms with Crippen molar-refractivity contribution in [2.24, 2.45) is 0 Å². The summed E-state index contributed by atoms with van der Waals surface area (Å²) in [7, 11) is 0. The van der Waals surface area contributed by atoms with Crippen LogP contribution in [-0.4, -0.2) is 19.9 Å². The average Bonchev–Trinajstić information content (AvgIpc) is 3.75. The molecule has 0 spiro atoms. The molecular weight excluding hydrogens is 637 g/mol. The van der Waals surface area contributed by atoms with Crippen molar-refractivity contribution in [3.05, 3.63) is 169 Å². The molecule has 7 aromatic carbocycles. The molecule has 1 aliphatic rings. The topological polar surface area (TPSA) is 64.7 Å². The summed E-state index contributed by atoms with van der Waals surface area (Å²) >= 11 is 0. The SMILES string of the molecule is CC1(C)c2ccc(-c3nc(-c4ccccc4)nc(-c4ccc(-c5ccccc5)cc4)n3)cc2-c2c1ccc1ccc3nc(-c4ccccc4)oc3c21. The molecule has 0 saturated carbocycles. The molecule has 0 radical (unpaired) electrons. The fraction of sp³-hybridized carbons (Fsp3) is 0.0638. The van der Waals surface area contributed by atoms with Gasteiger partial charge in [-0.2, -0.15) is 0 Å². The van der Waals surface area contributed by atoms with Gasteiger partial charge in [0, 0.05) is 33.1 Å². The Morgan fingerprint density at radius 3 is 1.62 bits per heavy atom. The van der Waals surface area contributed by atoms with Crippen LogP contribution < -0.4 is 0 Å². The summed E-state index contributed by atoms with van der Waals surface area (Å²) < 4.78 is 6.61. The molecule has 0 fully saturated rings. The lowest BCUT2D eigenvalue weighted by Gasteiger charge is -2.21. The molecule has 5 nitrogen and oxygen atoms in total. The quantitative estimate of drug-likeness (QED) is 0.183. The van der Waals surface area contributed by atoms with Crippen LogP contribution in [0.2, 0.25) is 0 Å². The van der Waals surface area contributed by atoms with Crippen LogP contribution in [0.3, 0.4) is 0 Å². The van der Waals surface area contributed by atoms with Crippen LogP contribution in [0.15, 0.2) is 162 Å². The highest BCUT2D eigenvalue weighted by atomic mass is 16.3. The lowest BCUT2D eigenvalue weighted by atomic mass is 9.82. The van der Waals surface area contributed by atoms with Gasteiger partial charge in [0.1, 0.15) is 5.52 Å². The fourth-order valence-corrected chi connectivity index (χ4v) is 7.67. The summed E-state index contributed by atoms with van der Waals surface area (Å²) in [5, 5.41) is 2.19. The average molecular weight is 669 g/mol. The second-order valence-corrected chi connectivity index (χ2v) is 13.9. The van der Waals surface area contributed by atoms with E-state index in [2.05, 4.69) is 105 Å². The molecule has 1 aliphatic carbocycles. The highest BCUT2D eigenvalue weighted by Gasteiger charge is 2.37. The summed E-state index contributed by atoms with van der Waals surface area (Å²) in [5.74, 6) is 2.51. The molecule has 9 aromatic rings. The first kappa shape index (κ1) is 30.1. The van der Waals surface area contributed by atoms with E-state index in [1.54, 1.807) is 0 Å². The molecule has 0 aliphatic heterocycles. The molecule has 52 heavy (non-hydrogen) atoms. The van der Waals surface area contributed by atoms with Gasteiger partial charge in [-0.1, -0.05) is 147 Å². The van der Waals surface area contributed by atoms with Gasteiger partial charge in [0.25, 0.3) is 0 Å². The summed E-state index contributed by atoms with van der Waals surface area (Å²) in [6.07, 6.45) is 0. The molecule has 5 heteroatoms. The maximum absolute atomic E-state index is 6.61. The lowest BCUT2D eigenvalue weighted by molar-refractivity contribution is 0.623. The number of fused-ring (bicyclic) bond motifs is 7. The third-order valence-electron chi connectivity index (χ3n) is 10.4. The molecule has 246 valence electrons. The van der Waals surface area contributed by atoms with E-state index in [1.807, 2.05) is 66.7 Å². The Morgan fingerprint density at radius 2 is 0.942 bits per heavy atom. The second-order valence-electron chi connectivity index (χ2n) is 13.9. The van der Waals surface area contributed by atoms with Crippen molar-refractivity contribution in [3.8, 4) is 67.9 Å². The van der Waals surface area contributed by atoms with Crippen molar-refractivity contribution in [3.63, 3.8) is 0 Å². The molecule has 0 atom stereocenters. The van der Waals surface area contributed by atoms with Gasteiger partial charge in [0.2, 0.25) is 5.89 Å². The Balaban J connectivity index is 1.15. The number of rotatable bonds is 5. The molecule has 0 N–H and O–H groups in total. The molecular formula is C47H32N4O. The van der Waals surface area contributed by atoms with E-state index in [1.165, 1.54) is 22.3 Å². The fourth-order valence-electron chi connectivity index (χ4n) is 7.67. The number of aromatic nitrogens is 4. The van der Waals surface area contributed by atoms with Gasteiger partial charge in [-0.3, -0.25) is 0 Å². The Bertz CT molecular complexity index is 2790. The molecule has 0 amide bonds. The van der Waals surface area contributed by atoms with Crippen LogP contribution >= 0.6 is 0 Å². The van der Waals surface area contributed by atoms with Crippen molar-refractivity contribution in [1.82, 2.24) is 19.9 Å². The zero-order valence-electron chi connectivity index (χ0n) is 28.7. The van der Waals surface area contributed by atoms with Gasteiger partial charge in [0.15, 0.2) is 23.1 Å². The minimum atomic E-state index is -0.220. The molecule has 0 bridgehead atoms. The normalized spacial score (nSPS) is 13.0. The lowest BCUT2D eigenvalue weighted by Crippen LogP contribution is -2.14. The van der Waals surface area contributed by atoms with Crippen molar-refractivity contribution in [2.45, 2.75) is 19.3 Å². The van der Waals surface area contributed by atoms with Crippen molar-refractivity contribution >= 4 is 21.9 Å². The van der Waals surface area contributed by atoms with Gasteiger partial charge >= 0.3 is 0 Å². The Hall–Kier alpha value is -6.72. The first-order valence-corrected chi connectivity index (χ1v) is 17.6. The third-order valence-corrected chi connectivity index (χ3v) is 10.4. The first-order valence-electron chi connectivity index (χ1n) is 17.6. The first-order chi connectivity index (χ1) is 25.5. The monoisotopic (exact) mass is 668 g/mol. The number of nitrogens with zero attached hydrogens (tertiary/aromatic N) is 4. The maximum Gasteiger partial charge on any atom is 0.227 e. The van der Waals surface area contributed by atoms with Gasteiger partial charge in [-0.25, -0.2) is 19.9 Å². The largest absolute Gasteiger partial charge is 0.435 e. The molecule has 2 heterocycles. The zero-order chi connectivity index (χ0) is 34.8. The van der Waals surface area contributed by atoms with E-state index in [0.717, 1.165) is 55.3 Å². The van der Waals surface area contributed by atoms with E-state index in [9.17, 15) is 0 Å².